The first-order valence-electron chi connectivity index (χ1n) is 3.73. The Hall–Kier alpha value is -1.51. The largest absolute Gasteiger partial charge is 0.404 e. The van der Waals surface area contributed by atoms with E-state index < -0.39 is 0 Å². The molecule has 0 saturated carbocycles. The molecule has 0 fully saturated rings. The van der Waals surface area contributed by atoms with Gasteiger partial charge in [-0.25, -0.2) is 0 Å². The van der Waals surface area contributed by atoms with E-state index in [0.29, 0.717) is 5.57 Å². The highest BCUT2D eigenvalue weighted by atomic mass is 14.8. The summed E-state index contributed by atoms with van der Waals surface area (Å²) >= 11 is 0. The van der Waals surface area contributed by atoms with Crippen LogP contribution in [0.1, 0.15) is 6.92 Å². The minimum absolute atomic E-state index is 0.676. The molecule has 0 spiro atoms. The maximum Gasteiger partial charge on any atom is 0.0441 e. The van der Waals surface area contributed by atoms with E-state index in [1.807, 2.05) is 25.2 Å². The number of allylic oxidation sites excluding steroid dienone is 4. The minimum atomic E-state index is 0.676. The monoisotopic (exact) mass is 165 g/mol. The summed E-state index contributed by atoms with van der Waals surface area (Å²) in [5.74, 6) is 0. The molecule has 0 radical (unpaired) electrons. The van der Waals surface area contributed by atoms with Crippen molar-refractivity contribution in [2.24, 2.45) is 5.73 Å². The normalized spacial score (nSPS) is 13.5. The molecule has 0 rings (SSSR count). The molecule has 66 valence electrons. The Morgan fingerprint density at radius 2 is 2.17 bits per heavy atom. The van der Waals surface area contributed by atoms with E-state index in [-0.39, 0.29) is 0 Å². The Balaban J connectivity index is 4.64. The average molecular weight is 165 g/mol. The van der Waals surface area contributed by atoms with Crippen molar-refractivity contribution in [1.29, 1.82) is 5.41 Å². The first kappa shape index (κ1) is 10.5. The standard InChI is InChI=1S/C9H15N3/c1-3-4-5-9(12-2)8(6-10)7-11/h3-7,10,12H,11H2,1-2H3/b4-3-,8-7+,9-5-,10-6?. The number of likely N-dealkylation sites (N-methyl/N-ethyl adjacent to an activating group) is 1. The van der Waals surface area contributed by atoms with E-state index in [4.69, 9.17) is 11.1 Å². The van der Waals surface area contributed by atoms with Crippen LogP contribution in [-0.2, 0) is 0 Å². The van der Waals surface area contributed by atoms with Gasteiger partial charge in [-0.05, 0) is 13.0 Å². The smallest absolute Gasteiger partial charge is 0.0441 e. The lowest BCUT2D eigenvalue weighted by Gasteiger charge is -2.04. The first-order chi connectivity index (χ1) is 5.79. The maximum atomic E-state index is 7.05. The van der Waals surface area contributed by atoms with Crippen molar-refractivity contribution in [2.75, 3.05) is 7.05 Å². The molecule has 0 heterocycles. The zero-order chi connectivity index (χ0) is 9.40. The fourth-order valence-corrected chi connectivity index (χ4v) is 0.732. The first-order valence-corrected chi connectivity index (χ1v) is 3.73. The van der Waals surface area contributed by atoms with Gasteiger partial charge in [0, 0.05) is 30.7 Å². The molecule has 3 nitrogen and oxygen atoms in total. The van der Waals surface area contributed by atoms with E-state index in [2.05, 4.69) is 5.32 Å². The summed E-state index contributed by atoms with van der Waals surface area (Å²) in [6, 6.07) is 0. The van der Waals surface area contributed by atoms with Crippen molar-refractivity contribution in [3.63, 3.8) is 0 Å². The summed E-state index contributed by atoms with van der Waals surface area (Å²) in [5, 5.41) is 10.0. The SMILES string of the molecule is C\C=C/C=C(NC)/C(C=N)=C/N. The zero-order valence-electron chi connectivity index (χ0n) is 7.46. The van der Waals surface area contributed by atoms with Gasteiger partial charge in [-0.3, -0.25) is 0 Å². The van der Waals surface area contributed by atoms with Gasteiger partial charge in [0.15, 0.2) is 0 Å². The summed E-state index contributed by atoms with van der Waals surface area (Å²) in [7, 11) is 1.79. The van der Waals surface area contributed by atoms with Crippen LogP contribution < -0.4 is 11.1 Å². The third-order valence-corrected chi connectivity index (χ3v) is 1.37. The van der Waals surface area contributed by atoms with Crippen molar-refractivity contribution in [1.82, 2.24) is 5.32 Å². The lowest BCUT2D eigenvalue weighted by molar-refractivity contribution is 1.02. The molecule has 0 atom stereocenters. The van der Waals surface area contributed by atoms with Crippen LogP contribution >= 0.6 is 0 Å². The molecule has 4 N–H and O–H groups in total. The topological polar surface area (TPSA) is 61.9 Å². The molecule has 0 aromatic carbocycles. The quantitative estimate of drug-likeness (QED) is 0.432. The Labute approximate surface area is 73.2 Å². The summed E-state index contributed by atoms with van der Waals surface area (Å²) in [6.07, 6.45) is 8.28. The molecular formula is C9H15N3. The second-order valence-electron chi connectivity index (χ2n) is 2.12. The lowest BCUT2D eigenvalue weighted by Crippen LogP contribution is -2.10. The molecule has 0 unspecified atom stereocenters. The molecule has 0 amide bonds. The van der Waals surface area contributed by atoms with Crippen LogP contribution in [0, 0.1) is 5.41 Å². The Morgan fingerprint density at radius 1 is 1.50 bits per heavy atom. The molecule has 0 aliphatic rings. The zero-order valence-corrected chi connectivity index (χ0v) is 7.46. The average Bonchev–Trinajstić information content (AvgIpc) is 2.12. The van der Waals surface area contributed by atoms with Crippen LogP contribution in [-0.4, -0.2) is 13.3 Å². The van der Waals surface area contributed by atoms with Gasteiger partial charge in [-0.15, -0.1) is 0 Å². The maximum absolute atomic E-state index is 7.05. The van der Waals surface area contributed by atoms with Crippen LogP contribution in [0.5, 0.6) is 0 Å². The number of hydrogen-bond donors (Lipinski definition) is 3. The van der Waals surface area contributed by atoms with Crippen molar-refractivity contribution in [3.05, 3.63) is 35.7 Å². The molecule has 3 heteroatoms. The van der Waals surface area contributed by atoms with E-state index in [0.717, 1.165) is 5.70 Å². The molecule has 0 bridgehead atoms. The van der Waals surface area contributed by atoms with Crippen molar-refractivity contribution < 1.29 is 0 Å². The minimum Gasteiger partial charge on any atom is -0.404 e. The van der Waals surface area contributed by atoms with Crippen LogP contribution in [0.15, 0.2) is 35.7 Å². The number of nitrogens with one attached hydrogen (secondary N) is 2. The number of nitrogens with two attached hydrogens (primary N) is 1. The highest BCUT2D eigenvalue weighted by Crippen LogP contribution is 2.01. The highest BCUT2D eigenvalue weighted by Gasteiger charge is 1.95. The highest BCUT2D eigenvalue weighted by molar-refractivity contribution is 5.81. The third-order valence-electron chi connectivity index (χ3n) is 1.37. The van der Waals surface area contributed by atoms with Crippen LogP contribution in [0.3, 0.4) is 0 Å². The van der Waals surface area contributed by atoms with Gasteiger partial charge < -0.3 is 16.5 Å². The fraction of sp³-hybridized carbons (Fsp3) is 0.222. The molecule has 0 saturated heterocycles. The molecule has 12 heavy (non-hydrogen) atoms. The molecule has 0 aliphatic carbocycles. The van der Waals surface area contributed by atoms with Gasteiger partial charge in [0.2, 0.25) is 0 Å². The van der Waals surface area contributed by atoms with Crippen molar-refractivity contribution >= 4 is 6.21 Å². The molecule has 0 aromatic heterocycles. The van der Waals surface area contributed by atoms with Gasteiger partial charge in [0.1, 0.15) is 0 Å². The predicted molar refractivity (Wildman–Crippen MR) is 53.0 cm³/mol. The van der Waals surface area contributed by atoms with E-state index in [9.17, 15) is 0 Å². The second-order valence-corrected chi connectivity index (χ2v) is 2.12. The van der Waals surface area contributed by atoms with Gasteiger partial charge in [0.05, 0.1) is 0 Å². The number of hydrogen-bond acceptors (Lipinski definition) is 3. The van der Waals surface area contributed by atoms with Crippen molar-refractivity contribution in [2.45, 2.75) is 6.92 Å². The predicted octanol–water partition coefficient (Wildman–Crippen LogP) is 1.16. The van der Waals surface area contributed by atoms with Crippen LogP contribution in [0.25, 0.3) is 0 Å². The van der Waals surface area contributed by atoms with E-state index >= 15 is 0 Å². The molecule has 0 aromatic rings. The van der Waals surface area contributed by atoms with E-state index in [1.54, 1.807) is 7.05 Å². The van der Waals surface area contributed by atoms with E-state index in [1.165, 1.54) is 12.4 Å². The van der Waals surface area contributed by atoms with Crippen LogP contribution in [0.2, 0.25) is 0 Å². The summed E-state index contributed by atoms with van der Waals surface area (Å²) in [4.78, 5) is 0. The Morgan fingerprint density at radius 3 is 2.50 bits per heavy atom. The van der Waals surface area contributed by atoms with Gasteiger partial charge in [-0.2, -0.15) is 0 Å². The van der Waals surface area contributed by atoms with Gasteiger partial charge in [-0.1, -0.05) is 12.2 Å². The fourth-order valence-electron chi connectivity index (χ4n) is 0.732. The third kappa shape index (κ3) is 3.05. The van der Waals surface area contributed by atoms with Crippen LogP contribution in [0.4, 0.5) is 0 Å². The summed E-state index contributed by atoms with van der Waals surface area (Å²) in [5.41, 5.74) is 6.83. The number of rotatable bonds is 4. The molecular weight excluding hydrogens is 150 g/mol. The Bertz CT molecular complexity index is 224. The second kappa shape index (κ2) is 6.22. The molecule has 0 aliphatic heterocycles. The lowest BCUT2D eigenvalue weighted by atomic mass is 10.2. The Kier molecular flexibility index (Phi) is 5.43. The van der Waals surface area contributed by atoms with Gasteiger partial charge >= 0.3 is 0 Å². The van der Waals surface area contributed by atoms with Gasteiger partial charge in [0.25, 0.3) is 0 Å². The summed E-state index contributed by atoms with van der Waals surface area (Å²) < 4.78 is 0. The summed E-state index contributed by atoms with van der Waals surface area (Å²) in [6.45, 7) is 1.93. The van der Waals surface area contributed by atoms with Crippen molar-refractivity contribution in [3.8, 4) is 0 Å².